The van der Waals surface area contributed by atoms with Crippen molar-refractivity contribution in [2.75, 3.05) is 0 Å². The van der Waals surface area contributed by atoms with Crippen molar-refractivity contribution in [1.82, 2.24) is 0 Å². The van der Waals surface area contributed by atoms with Crippen LogP contribution in [0.4, 0.5) is 0 Å². The summed E-state index contributed by atoms with van der Waals surface area (Å²) in [5.74, 6) is 2.12. The molecule has 0 radical (unpaired) electrons. The summed E-state index contributed by atoms with van der Waals surface area (Å²) in [4.78, 5) is 0. The average molecular weight is 196 g/mol. The molecule has 3 unspecified atom stereocenters. The molecule has 0 aromatic heterocycles. The average Bonchev–Trinajstić information content (AvgIpc) is 2.15. The second kappa shape index (κ2) is 4.65. The Morgan fingerprint density at radius 2 is 1.79 bits per heavy atom. The van der Waals surface area contributed by atoms with E-state index in [4.69, 9.17) is 0 Å². The highest BCUT2D eigenvalue weighted by Crippen LogP contribution is 2.41. The molecule has 0 aromatic carbocycles. The van der Waals surface area contributed by atoms with Crippen LogP contribution in [-0.2, 0) is 0 Å². The van der Waals surface area contributed by atoms with Crippen molar-refractivity contribution >= 4 is 0 Å². The lowest BCUT2D eigenvalue weighted by molar-refractivity contribution is -0.0224. The molecule has 2 saturated carbocycles. The zero-order valence-corrected chi connectivity index (χ0v) is 9.41. The van der Waals surface area contributed by atoms with Gasteiger partial charge in [0.15, 0.2) is 0 Å². The van der Waals surface area contributed by atoms with Crippen LogP contribution < -0.4 is 0 Å². The van der Waals surface area contributed by atoms with Gasteiger partial charge in [-0.15, -0.1) is 0 Å². The predicted molar refractivity (Wildman–Crippen MR) is 59.1 cm³/mol. The fourth-order valence-electron chi connectivity index (χ4n) is 3.32. The molecule has 82 valence electrons. The summed E-state index contributed by atoms with van der Waals surface area (Å²) in [5, 5.41) is 10.3. The Kier molecular flexibility index (Phi) is 3.48. The number of hydrogen-bond acceptors (Lipinski definition) is 1. The molecular weight excluding hydrogens is 172 g/mol. The Bertz CT molecular complexity index is 174. The van der Waals surface area contributed by atoms with Gasteiger partial charge in [-0.2, -0.15) is 0 Å². The molecule has 0 aromatic rings. The molecule has 2 fully saturated rings. The predicted octanol–water partition coefficient (Wildman–Crippen LogP) is 3.36. The molecule has 0 aliphatic heterocycles. The van der Waals surface area contributed by atoms with Gasteiger partial charge in [-0.1, -0.05) is 39.0 Å². The smallest absolute Gasteiger partial charge is 0.0599 e. The van der Waals surface area contributed by atoms with Crippen molar-refractivity contribution < 1.29 is 5.11 Å². The Morgan fingerprint density at radius 3 is 2.36 bits per heavy atom. The first kappa shape index (κ1) is 10.5. The Morgan fingerprint density at radius 1 is 1.07 bits per heavy atom. The zero-order valence-electron chi connectivity index (χ0n) is 9.41. The van der Waals surface area contributed by atoms with Crippen LogP contribution in [-0.4, -0.2) is 11.2 Å². The van der Waals surface area contributed by atoms with Gasteiger partial charge >= 0.3 is 0 Å². The molecule has 3 atom stereocenters. The van der Waals surface area contributed by atoms with Gasteiger partial charge in [0.2, 0.25) is 0 Å². The molecule has 1 nitrogen and oxygen atoms in total. The standard InChI is InChI=1S/C13H24O/c1-2-10-6-3-4-9-12(10)13(14)11-7-5-8-11/h10-14H,2-9H2,1H3. The van der Waals surface area contributed by atoms with E-state index in [2.05, 4.69) is 6.92 Å². The van der Waals surface area contributed by atoms with E-state index in [1.807, 2.05) is 0 Å². The van der Waals surface area contributed by atoms with E-state index in [0.29, 0.717) is 11.8 Å². The number of aliphatic hydroxyl groups excluding tert-OH is 1. The summed E-state index contributed by atoms with van der Waals surface area (Å²) in [7, 11) is 0. The molecule has 2 rings (SSSR count). The lowest BCUT2D eigenvalue weighted by atomic mass is 9.68. The second-order valence-corrected chi connectivity index (χ2v) is 5.30. The minimum atomic E-state index is 0.0361. The Balaban J connectivity index is 1.91. The van der Waals surface area contributed by atoms with E-state index < -0.39 is 0 Å². The lowest BCUT2D eigenvalue weighted by Gasteiger charge is -2.41. The molecule has 14 heavy (non-hydrogen) atoms. The van der Waals surface area contributed by atoms with E-state index in [9.17, 15) is 5.11 Å². The lowest BCUT2D eigenvalue weighted by Crippen LogP contribution is -2.38. The van der Waals surface area contributed by atoms with E-state index in [-0.39, 0.29) is 6.10 Å². The first-order chi connectivity index (χ1) is 6.83. The highest BCUT2D eigenvalue weighted by molar-refractivity contribution is 4.87. The fourth-order valence-corrected chi connectivity index (χ4v) is 3.32. The first-order valence-corrected chi connectivity index (χ1v) is 6.51. The van der Waals surface area contributed by atoms with Crippen LogP contribution in [0.15, 0.2) is 0 Å². The van der Waals surface area contributed by atoms with Crippen LogP contribution in [0.3, 0.4) is 0 Å². The van der Waals surface area contributed by atoms with Gasteiger partial charge in [-0.05, 0) is 37.0 Å². The topological polar surface area (TPSA) is 20.2 Å². The Hall–Kier alpha value is -0.0400. The third kappa shape index (κ3) is 1.98. The highest BCUT2D eigenvalue weighted by atomic mass is 16.3. The monoisotopic (exact) mass is 196 g/mol. The van der Waals surface area contributed by atoms with Gasteiger partial charge in [0.1, 0.15) is 0 Å². The third-order valence-electron chi connectivity index (χ3n) is 4.56. The van der Waals surface area contributed by atoms with Crippen molar-refractivity contribution in [3.8, 4) is 0 Å². The van der Waals surface area contributed by atoms with Crippen LogP contribution in [0.1, 0.15) is 58.3 Å². The SMILES string of the molecule is CCC1CCCCC1C(O)C1CCC1. The molecule has 1 N–H and O–H groups in total. The maximum absolute atomic E-state index is 10.3. The summed E-state index contributed by atoms with van der Waals surface area (Å²) in [6.45, 7) is 2.29. The number of hydrogen-bond donors (Lipinski definition) is 1. The van der Waals surface area contributed by atoms with E-state index in [0.717, 1.165) is 5.92 Å². The largest absolute Gasteiger partial charge is 0.393 e. The second-order valence-electron chi connectivity index (χ2n) is 5.30. The number of rotatable bonds is 3. The van der Waals surface area contributed by atoms with Gasteiger partial charge in [0.05, 0.1) is 6.10 Å². The van der Waals surface area contributed by atoms with Gasteiger partial charge < -0.3 is 5.11 Å². The molecule has 2 aliphatic rings. The summed E-state index contributed by atoms with van der Waals surface area (Å²) < 4.78 is 0. The van der Waals surface area contributed by atoms with E-state index in [1.54, 1.807) is 0 Å². The normalized spacial score (nSPS) is 36.4. The van der Waals surface area contributed by atoms with Gasteiger partial charge in [-0.3, -0.25) is 0 Å². The van der Waals surface area contributed by atoms with Crippen molar-refractivity contribution in [2.45, 2.75) is 64.4 Å². The molecule has 0 saturated heterocycles. The van der Waals surface area contributed by atoms with Crippen molar-refractivity contribution in [3.63, 3.8) is 0 Å². The fraction of sp³-hybridized carbons (Fsp3) is 1.00. The molecule has 2 aliphatic carbocycles. The van der Waals surface area contributed by atoms with Crippen LogP contribution in [0.5, 0.6) is 0 Å². The minimum absolute atomic E-state index is 0.0361. The van der Waals surface area contributed by atoms with E-state index >= 15 is 0 Å². The number of aliphatic hydroxyl groups is 1. The molecule has 0 heterocycles. The van der Waals surface area contributed by atoms with Crippen LogP contribution in [0, 0.1) is 17.8 Å². The maximum atomic E-state index is 10.3. The van der Waals surface area contributed by atoms with Gasteiger partial charge in [0, 0.05) is 0 Å². The minimum Gasteiger partial charge on any atom is -0.393 e. The van der Waals surface area contributed by atoms with Gasteiger partial charge in [0.25, 0.3) is 0 Å². The molecule has 1 heteroatoms. The summed E-state index contributed by atoms with van der Waals surface area (Å²) >= 11 is 0. The van der Waals surface area contributed by atoms with Crippen molar-refractivity contribution in [1.29, 1.82) is 0 Å². The Labute approximate surface area is 87.9 Å². The quantitative estimate of drug-likeness (QED) is 0.734. The summed E-state index contributed by atoms with van der Waals surface area (Å²) in [5.41, 5.74) is 0. The van der Waals surface area contributed by atoms with Crippen molar-refractivity contribution in [2.24, 2.45) is 17.8 Å². The summed E-state index contributed by atoms with van der Waals surface area (Å²) in [6.07, 6.45) is 10.6. The van der Waals surface area contributed by atoms with Crippen LogP contribution in [0.2, 0.25) is 0 Å². The van der Waals surface area contributed by atoms with Crippen molar-refractivity contribution in [3.05, 3.63) is 0 Å². The molecule has 0 amide bonds. The highest BCUT2D eigenvalue weighted by Gasteiger charge is 2.36. The maximum Gasteiger partial charge on any atom is 0.0599 e. The van der Waals surface area contributed by atoms with Crippen LogP contribution >= 0.6 is 0 Å². The third-order valence-corrected chi connectivity index (χ3v) is 4.56. The van der Waals surface area contributed by atoms with Gasteiger partial charge in [-0.25, -0.2) is 0 Å². The summed E-state index contributed by atoms with van der Waals surface area (Å²) in [6, 6.07) is 0. The van der Waals surface area contributed by atoms with E-state index in [1.165, 1.54) is 51.4 Å². The molecule has 0 bridgehead atoms. The molecular formula is C13H24O. The molecule has 0 spiro atoms. The zero-order chi connectivity index (χ0) is 9.97. The first-order valence-electron chi connectivity index (χ1n) is 6.51. The van der Waals surface area contributed by atoms with Crippen LogP contribution in [0.25, 0.3) is 0 Å².